The summed E-state index contributed by atoms with van der Waals surface area (Å²) in [7, 11) is 0. The van der Waals surface area contributed by atoms with Gasteiger partial charge < -0.3 is 9.84 Å². The van der Waals surface area contributed by atoms with Crippen molar-refractivity contribution in [2.24, 2.45) is 0 Å². The highest BCUT2D eigenvalue weighted by atomic mass is 19.1. The molecule has 0 aromatic heterocycles. The van der Waals surface area contributed by atoms with Gasteiger partial charge >= 0.3 is 0 Å². The van der Waals surface area contributed by atoms with Crippen LogP contribution in [0.15, 0.2) is 36.4 Å². The Morgan fingerprint density at radius 2 is 1.75 bits per heavy atom. The van der Waals surface area contributed by atoms with Gasteiger partial charge in [-0.25, -0.2) is 4.39 Å². The van der Waals surface area contributed by atoms with Gasteiger partial charge in [0.1, 0.15) is 18.2 Å². The summed E-state index contributed by atoms with van der Waals surface area (Å²) in [4.78, 5) is 0. The van der Waals surface area contributed by atoms with Crippen molar-refractivity contribution in [3.05, 3.63) is 64.5 Å². The Hall–Kier alpha value is -1.87. The van der Waals surface area contributed by atoms with E-state index in [2.05, 4.69) is 6.07 Å². The zero-order chi connectivity index (χ0) is 14.7. The summed E-state index contributed by atoms with van der Waals surface area (Å²) < 4.78 is 19.3. The summed E-state index contributed by atoms with van der Waals surface area (Å²) in [5.74, 6) is 0.0176. The van der Waals surface area contributed by atoms with Crippen molar-refractivity contribution in [3.63, 3.8) is 0 Å². The van der Waals surface area contributed by atoms with Gasteiger partial charge in [0, 0.05) is 11.6 Å². The number of ether oxygens (including phenoxy) is 1. The van der Waals surface area contributed by atoms with E-state index in [1.807, 2.05) is 26.0 Å². The fraction of sp³-hybridized carbons (Fsp3) is 0.294. The monoisotopic (exact) mass is 274 g/mol. The lowest BCUT2D eigenvalue weighted by Crippen LogP contribution is -1.99. The highest BCUT2D eigenvalue weighted by Crippen LogP contribution is 2.22. The van der Waals surface area contributed by atoms with Gasteiger partial charge in [-0.1, -0.05) is 29.3 Å². The summed E-state index contributed by atoms with van der Waals surface area (Å²) in [6.07, 6.45) is -0.816. The molecule has 0 aliphatic carbocycles. The number of halogens is 1. The molecule has 0 saturated carbocycles. The van der Waals surface area contributed by atoms with Crippen molar-refractivity contribution in [3.8, 4) is 5.75 Å². The molecule has 3 heteroatoms. The van der Waals surface area contributed by atoms with Gasteiger partial charge in [-0.2, -0.15) is 0 Å². The van der Waals surface area contributed by atoms with E-state index in [0.29, 0.717) is 12.4 Å². The average Bonchev–Trinajstić information content (AvgIpc) is 2.35. The molecule has 0 amide bonds. The molecule has 106 valence electrons. The third-order valence-corrected chi connectivity index (χ3v) is 3.11. The molecule has 2 aromatic rings. The Balaban J connectivity index is 2.09. The Labute approximate surface area is 118 Å². The van der Waals surface area contributed by atoms with Gasteiger partial charge in [-0.05, 0) is 38.5 Å². The number of hydrogen-bond acceptors (Lipinski definition) is 2. The van der Waals surface area contributed by atoms with Crippen LogP contribution in [0.3, 0.4) is 0 Å². The summed E-state index contributed by atoms with van der Waals surface area (Å²) in [6.45, 7) is 6.01. The first-order valence-corrected chi connectivity index (χ1v) is 6.63. The molecule has 0 radical (unpaired) electrons. The smallest absolute Gasteiger partial charge is 0.132 e. The molecule has 0 heterocycles. The first kappa shape index (κ1) is 14.5. The molecule has 0 aliphatic heterocycles. The number of benzene rings is 2. The van der Waals surface area contributed by atoms with Gasteiger partial charge in [0.2, 0.25) is 0 Å². The predicted octanol–water partition coefficient (Wildman–Crippen LogP) is 4.07. The number of aryl methyl sites for hydroxylation is 2. The standard InChI is InChI=1S/C17H19FO2/c1-11-6-12(2)8-14(7-11)10-20-15-4-5-16(13(3)19)17(18)9-15/h4-9,13,19H,10H2,1-3H3/t13-/m0/s1. The lowest BCUT2D eigenvalue weighted by molar-refractivity contribution is 0.194. The van der Waals surface area contributed by atoms with E-state index in [-0.39, 0.29) is 5.56 Å². The number of aliphatic hydroxyl groups is 1. The maximum atomic E-state index is 13.7. The Morgan fingerprint density at radius 1 is 1.10 bits per heavy atom. The molecule has 0 bridgehead atoms. The fourth-order valence-electron chi connectivity index (χ4n) is 2.26. The van der Waals surface area contributed by atoms with Crippen LogP contribution in [0.2, 0.25) is 0 Å². The molecule has 0 spiro atoms. The lowest BCUT2D eigenvalue weighted by Gasteiger charge is -2.11. The molecular formula is C17H19FO2. The van der Waals surface area contributed by atoms with E-state index in [1.165, 1.54) is 24.1 Å². The van der Waals surface area contributed by atoms with Gasteiger partial charge in [-0.15, -0.1) is 0 Å². The average molecular weight is 274 g/mol. The molecule has 1 N–H and O–H groups in total. The largest absolute Gasteiger partial charge is 0.489 e. The van der Waals surface area contributed by atoms with Gasteiger partial charge in [-0.3, -0.25) is 0 Å². The third-order valence-electron chi connectivity index (χ3n) is 3.11. The number of aliphatic hydroxyl groups excluding tert-OH is 1. The molecule has 0 fully saturated rings. The van der Waals surface area contributed by atoms with E-state index in [9.17, 15) is 9.50 Å². The molecule has 0 aliphatic rings. The summed E-state index contributed by atoms with van der Waals surface area (Å²) in [5.41, 5.74) is 3.70. The van der Waals surface area contributed by atoms with Crippen LogP contribution in [-0.2, 0) is 6.61 Å². The fourth-order valence-corrected chi connectivity index (χ4v) is 2.26. The maximum absolute atomic E-state index is 13.7. The number of hydrogen-bond donors (Lipinski definition) is 1. The quantitative estimate of drug-likeness (QED) is 0.910. The van der Waals surface area contributed by atoms with Crippen LogP contribution in [0.5, 0.6) is 5.75 Å². The van der Waals surface area contributed by atoms with Crippen molar-refractivity contribution in [2.75, 3.05) is 0 Å². The van der Waals surface area contributed by atoms with Crippen LogP contribution in [0.25, 0.3) is 0 Å². The van der Waals surface area contributed by atoms with Crippen LogP contribution in [0.1, 0.15) is 35.3 Å². The van der Waals surface area contributed by atoms with Crippen LogP contribution in [0.4, 0.5) is 4.39 Å². The van der Waals surface area contributed by atoms with E-state index in [4.69, 9.17) is 4.74 Å². The molecule has 2 aromatic carbocycles. The molecule has 2 rings (SSSR count). The highest BCUT2D eigenvalue weighted by molar-refractivity contribution is 5.31. The highest BCUT2D eigenvalue weighted by Gasteiger charge is 2.09. The van der Waals surface area contributed by atoms with Gasteiger partial charge in [0.15, 0.2) is 0 Å². The molecule has 0 saturated heterocycles. The lowest BCUT2D eigenvalue weighted by atomic mass is 10.1. The van der Waals surface area contributed by atoms with Crippen LogP contribution in [0, 0.1) is 19.7 Å². The van der Waals surface area contributed by atoms with Crippen molar-refractivity contribution >= 4 is 0 Å². The minimum Gasteiger partial charge on any atom is -0.489 e. The molecule has 1 atom stereocenters. The Kier molecular flexibility index (Phi) is 4.40. The zero-order valence-corrected chi connectivity index (χ0v) is 12.0. The Bertz CT molecular complexity index is 586. The molecule has 0 unspecified atom stereocenters. The first-order chi connectivity index (χ1) is 9.45. The van der Waals surface area contributed by atoms with Crippen molar-refractivity contribution in [1.82, 2.24) is 0 Å². The minimum atomic E-state index is -0.816. The van der Waals surface area contributed by atoms with E-state index >= 15 is 0 Å². The maximum Gasteiger partial charge on any atom is 0.132 e. The number of rotatable bonds is 4. The summed E-state index contributed by atoms with van der Waals surface area (Å²) >= 11 is 0. The van der Waals surface area contributed by atoms with Crippen molar-refractivity contribution < 1.29 is 14.2 Å². The normalized spacial score (nSPS) is 12.2. The van der Waals surface area contributed by atoms with Crippen LogP contribution in [-0.4, -0.2) is 5.11 Å². The minimum absolute atomic E-state index is 0.281. The molecule has 20 heavy (non-hydrogen) atoms. The second kappa shape index (κ2) is 6.06. The SMILES string of the molecule is Cc1cc(C)cc(COc2ccc([C@H](C)O)c(F)c2)c1. The second-order valence-corrected chi connectivity index (χ2v) is 5.14. The van der Waals surface area contributed by atoms with Gasteiger partial charge in [0.25, 0.3) is 0 Å². The molecule has 2 nitrogen and oxygen atoms in total. The van der Waals surface area contributed by atoms with E-state index in [1.54, 1.807) is 12.1 Å². The van der Waals surface area contributed by atoms with Crippen molar-refractivity contribution in [2.45, 2.75) is 33.5 Å². The first-order valence-electron chi connectivity index (χ1n) is 6.63. The zero-order valence-electron chi connectivity index (χ0n) is 12.0. The van der Waals surface area contributed by atoms with Crippen LogP contribution < -0.4 is 4.74 Å². The van der Waals surface area contributed by atoms with E-state index in [0.717, 1.165) is 5.56 Å². The van der Waals surface area contributed by atoms with Crippen molar-refractivity contribution in [1.29, 1.82) is 0 Å². The second-order valence-electron chi connectivity index (χ2n) is 5.14. The Morgan fingerprint density at radius 3 is 2.30 bits per heavy atom. The molecular weight excluding hydrogens is 255 g/mol. The van der Waals surface area contributed by atoms with E-state index < -0.39 is 11.9 Å². The van der Waals surface area contributed by atoms with Crippen LogP contribution >= 0.6 is 0 Å². The summed E-state index contributed by atoms with van der Waals surface area (Å²) in [5, 5.41) is 9.38. The topological polar surface area (TPSA) is 29.5 Å². The summed E-state index contributed by atoms with van der Waals surface area (Å²) in [6, 6.07) is 10.7. The van der Waals surface area contributed by atoms with Gasteiger partial charge in [0.05, 0.1) is 6.10 Å². The third kappa shape index (κ3) is 3.58. The predicted molar refractivity (Wildman–Crippen MR) is 77.3 cm³/mol.